The quantitative estimate of drug-likeness (QED) is 0.834. The van der Waals surface area contributed by atoms with Crippen LogP contribution < -0.4 is 4.74 Å². The number of ether oxygens (including phenoxy) is 1. The molecule has 1 aromatic rings. The average molecular weight is 286 g/mol. The number of rotatable bonds is 4. The van der Waals surface area contributed by atoms with Crippen molar-refractivity contribution in [2.75, 3.05) is 6.61 Å². The topological polar surface area (TPSA) is 66.8 Å². The van der Waals surface area contributed by atoms with Crippen molar-refractivity contribution in [3.63, 3.8) is 0 Å². The molecule has 0 aromatic heterocycles. The number of hydrogen-bond donors (Lipinski definition) is 2. The van der Waals surface area contributed by atoms with Gasteiger partial charge in [-0.3, -0.25) is 0 Å². The molecule has 0 spiro atoms. The molecule has 0 heterocycles. The lowest BCUT2D eigenvalue weighted by Gasteiger charge is -2.10. The van der Waals surface area contributed by atoms with Crippen molar-refractivity contribution in [1.29, 1.82) is 0 Å². The summed E-state index contributed by atoms with van der Waals surface area (Å²) in [6.07, 6.45) is -1.62. The van der Waals surface area contributed by atoms with Crippen molar-refractivity contribution < 1.29 is 19.7 Å². The van der Waals surface area contributed by atoms with Gasteiger partial charge in [-0.25, -0.2) is 4.79 Å². The second-order valence-electron chi connectivity index (χ2n) is 2.86. The van der Waals surface area contributed by atoms with Gasteiger partial charge in [0.05, 0.1) is 15.1 Å². The smallest absolute Gasteiger partial charge is 0.336 e. The van der Waals surface area contributed by atoms with Crippen molar-refractivity contribution >= 4 is 40.8 Å². The molecular formula is C9H7Cl3O4. The van der Waals surface area contributed by atoms with Gasteiger partial charge >= 0.3 is 5.97 Å². The van der Waals surface area contributed by atoms with E-state index in [1.165, 1.54) is 12.1 Å². The Morgan fingerprint density at radius 2 is 1.81 bits per heavy atom. The van der Waals surface area contributed by atoms with Crippen molar-refractivity contribution in [3.8, 4) is 5.75 Å². The first-order valence-electron chi connectivity index (χ1n) is 4.10. The van der Waals surface area contributed by atoms with Crippen LogP contribution in [0, 0.1) is 0 Å². The molecule has 1 atom stereocenters. The zero-order valence-electron chi connectivity index (χ0n) is 7.78. The molecule has 0 fully saturated rings. The van der Waals surface area contributed by atoms with Gasteiger partial charge in [-0.1, -0.05) is 34.8 Å². The molecule has 16 heavy (non-hydrogen) atoms. The van der Waals surface area contributed by atoms with Crippen LogP contribution in [0.3, 0.4) is 0 Å². The molecular weight excluding hydrogens is 278 g/mol. The van der Waals surface area contributed by atoms with Crippen LogP contribution in [0.15, 0.2) is 12.1 Å². The highest BCUT2D eigenvalue weighted by molar-refractivity contribution is 6.43. The number of halogens is 3. The molecule has 88 valence electrons. The van der Waals surface area contributed by atoms with Gasteiger partial charge in [0.15, 0.2) is 6.10 Å². The zero-order chi connectivity index (χ0) is 12.3. The van der Waals surface area contributed by atoms with Crippen LogP contribution >= 0.6 is 34.8 Å². The zero-order valence-corrected chi connectivity index (χ0v) is 10.1. The first-order chi connectivity index (χ1) is 7.41. The normalized spacial score (nSPS) is 12.2. The van der Waals surface area contributed by atoms with Crippen molar-refractivity contribution in [1.82, 2.24) is 0 Å². The van der Waals surface area contributed by atoms with Crippen LogP contribution in [0.2, 0.25) is 15.1 Å². The van der Waals surface area contributed by atoms with E-state index >= 15 is 0 Å². The maximum atomic E-state index is 10.3. The first kappa shape index (κ1) is 13.4. The Morgan fingerprint density at radius 3 is 2.38 bits per heavy atom. The first-order valence-corrected chi connectivity index (χ1v) is 5.23. The fourth-order valence-electron chi connectivity index (χ4n) is 0.855. The Bertz CT molecular complexity index is 408. The summed E-state index contributed by atoms with van der Waals surface area (Å²) in [5.74, 6) is -1.22. The monoisotopic (exact) mass is 284 g/mol. The fourth-order valence-corrected chi connectivity index (χ4v) is 1.45. The Morgan fingerprint density at radius 1 is 1.25 bits per heavy atom. The number of hydrogen-bond acceptors (Lipinski definition) is 3. The maximum Gasteiger partial charge on any atom is 0.336 e. The predicted octanol–water partition coefficient (Wildman–Crippen LogP) is 2.47. The summed E-state index contributed by atoms with van der Waals surface area (Å²) < 4.78 is 4.99. The van der Waals surface area contributed by atoms with Gasteiger partial charge in [-0.2, -0.15) is 0 Å². The number of carboxylic acids is 1. The van der Waals surface area contributed by atoms with Gasteiger partial charge < -0.3 is 14.9 Å². The van der Waals surface area contributed by atoms with Crippen LogP contribution in [0.4, 0.5) is 0 Å². The number of carboxylic acid groups (broad SMARTS) is 1. The molecule has 0 aliphatic carbocycles. The van der Waals surface area contributed by atoms with E-state index in [4.69, 9.17) is 49.8 Å². The summed E-state index contributed by atoms with van der Waals surface area (Å²) in [5, 5.41) is 18.1. The van der Waals surface area contributed by atoms with Crippen LogP contribution in [0.5, 0.6) is 5.75 Å². The van der Waals surface area contributed by atoms with Gasteiger partial charge in [0.1, 0.15) is 12.4 Å². The number of aliphatic hydroxyl groups excluding tert-OH is 1. The van der Waals surface area contributed by atoms with Gasteiger partial charge in [-0.15, -0.1) is 0 Å². The van der Waals surface area contributed by atoms with Crippen molar-refractivity contribution in [2.24, 2.45) is 0 Å². The Labute approximate surface area is 106 Å². The molecule has 2 N–H and O–H groups in total. The lowest BCUT2D eigenvalue weighted by atomic mass is 10.3. The highest BCUT2D eigenvalue weighted by Crippen LogP contribution is 2.33. The number of carbonyl (C=O) groups is 1. The van der Waals surface area contributed by atoms with E-state index in [0.717, 1.165) is 0 Å². The molecule has 0 aliphatic rings. The highest BCUT2D eigenvalue weighted by atomic mass is 35.5. The molecule has 0 aliphatic heterocycles. The van der Waals surface area contributed by atoms with E-state index < -0.39 is 18.7 Å². The maximum absolute atomic E-state index is 10.3. The third kappa shape index (κ3) is 3.42. The molecule has 0 saturated heterocycles. The summed E-state index contributed by atoms with van der Waals surface area (Å²) in [7, 11) is 0. The molecule has 1 aromatic carbocycles. The summed E-state index contributed by atoms with van der Waals surface area (Å²) in [6.45, 7) is -0.424. The third-order valence-electron chi connectivity index (χ3n) is 1.66. The lowest BCUT2D eigenvalue weighted by molar-refractivity contribution is -0.148. The molecule has 0 radical (unpaired) electrons. The van der Waals surface area contributed by atoms with Crippen LogP contribution in [0.25, 0.3) is 0 Å². The summed E-state index contributed by atoms with van der Waals surface area (Å²) in [5.41, 5.74) is 0. The van der Waals surface area contributed by atoms with Gasteiger partial charge in [0, 0.05) is 6.07 Å². The minimum absolute atomic E-state index is 0.163. The van der Waals surface area contributed by atoms with E-state index in [2.05, 4.69) is 0 Å². The Balaban J connectivity index is 2.74. The van der Waals surface area contributed by atoms with Crippen LogP contribution in [-0.2, 0) is 4.79 Å². The third-order valence-corrected chi connectivity index (χ3v) is 2.67. The van der Waals surface area contributed by atoms with E-state index in [1.807, 2.05) is 0 Å². The summed E-state index contributed by atoms with van der Waals surface area (Å²) in [6, 6.07) is 2.72. The molecule has 1 unspecified atom stereocenters. The van der Waals surface area contributed by atoms with E-state index in [1.54, 1.807) is 0 Å². The van der Waals surface area contributed by atoms with E-state index in [-0.39, 0.29) is 20.8 Å². The molecule has 4 nitrogen and oxygen atoms in total. The summed E-state index contributed by atoms with van der Waals surface area (Å²) in [4.78, 5) is 10.3. The molecule has 7 heteroatoms. The molecule has 1 rings (SSSR count). The average Bonchev–Trinajstić information content (AvgIpc) is 2.20. The fraction of sp³-hybridized carbons (Fsp3) is 0.222. The highest BCUT2D eigenvalue weighted by Gasteiger charge is 2.15. The number of aliphatic hydroxyl groups is 1. The second kappa shape index (κ2) is 5.59. The van der Waals surface area contributed by atoms with Crippen LogP contribution in [-0.4, -0.2) is 28.9 Å². The van der Waals surface area contributed by atoms with Gasteiger partial charge in [0.25, 0.3) is 0 Å². The molecule has 0 bridgehead atoms. The minimum atomic E-state index is -1.62. The Kier molecular flexibility index (Phi) is 4.68. The minimum Gasteiger partial charge on any atom is -0.489 e. The Hall–Kier alpha value is -0.680. The van der Waals surface area contributed by atoms with E-state index in [9.17, 15) is 4.79 Å². The second-order valence-corrected chi connectivity index (χ2v) is 4.08. The summed E-state index contributed by atoms with van der Waals surface area (Å²) >= 11 is 17.2. The van der Waals surface area contributed by atoms with Crippen molar-refractivity contribution in [2.45, 2.75) is 6.10 Å². The molecule has 0 amide bonds. The lowest BCUT2D eigenvalue weighted by Crippen LogP contribution is -2.26. The molecule has 0 saturated carbocycles. The van der Waals surface area contributed by atoms with Crippen molar-refractivity contribution in [3.05, 3.63) is 27.2 Å². The number of aliphatic carboxylic acids is 1. The van der Waals surface area contributed by atoms with Gasteiger partial charge in [0.2, 0.25) is 0 Å². The largest absolute Gasteiger partial charge is 0.489 e. The SMILES string of the molecule is O=C(O)C(O)COc1cc(Cl)c(Cl)cc1Cl. The van der Waals surface area contributed by atoms with E-state index in [0.29, 0.717) is 0 Å². The number of benzene rings is 1. The van der Waals surface area contributed by atoms with Crippen LogP contribution in [0.1, 0.15) is 0 Å². The standard InChI is InChI=1S/C9H7Cl3O4/c10-4-1-6(12)8(2-5(4)11)16-3-7(13)9(14)15/h1-2,7,13H,3H2,(H,14,15). The predicted molar refractivity (Wildman–Crippen MR) is 60.6 cm³/mol. The van der Waals surface area contributed by atoms with Gasteiger partial charge in [-0.05, 0) is 6.07 Å².